The highest BCUT2D eigenvalue weighted by atomic mass is 19.4. The average molecular weight is 259 g/mol. The zero-order valence-corrected chi connectivity index (χ0v) is 8.52. The molecule has 0 saturated carbocycles. The van der Waals surface area contributed by atoms with Gasteiger partial charge in [-0.25, -0.2) is 4.79 Å². The zero-order valence-electron chi connectivity index (χ0n) is 8.52. The van der Waals surface area contributed by atoms with E-state index in [1.165, 1.54) is 0 Å². The van der Waals surface area contributed by atoms with E-state index < -0.39 is 22.3 Å². The molecule has 1 heterocycles. The normalized spacial score (nSPS) is 11.7. The van der Waals surface area contributed by atoms with Crippen LogP contribution >= 0.6 is 0 Å². The maximum atomic E-state index is 12.4. The Morgan fingerprint density at radius 1 is 1.22 bits per heavy atom. The number of nitrogens with zero attached hydrogens (tertiary/aromatic N) is 1. The summed E-state index contributed by atoms with van der Waals surface area (Å²) in [5.74, 6) is 0. The van der Waals surface area contributed by atoms with Crippen molar-refractivity contribution in [3.63, 3.8) is 0 Å². The molecule has 2 rings (SSSR count). The van der Waals surface area contributed by atoms with Crippen LogP contribution in [0.2, 0.25) is 0 Å². The van der Waals surface area contributed by atoms with Gasteiger partial charge < -0.3 is 4.42 Å². The molecule has 0 radical (unpaired) electrons. The summed E-state index contributed by atoms with van der Waals surface area (Å²) in [6.45, 7) is 0. The Bertz CT molecular complexity index is 690. The molecule has 0 aliphatic heterocycles. The molecule has 0 bridgehead atoms. The second-order valence-corrected chi connectivity index (χ2v) is 3.42. The van der Waals surface area contributed by atoms with Gasteiger partial charge in [0.05, 0.1) is 4.92 Å². The molecule has 1 aromatic carbocycles. The largest absolute Gasteiger partial charge is 0.423 e. The van der Waals surface area contributed by atoms with E-state index in [1.807, 2.05) is 0 Å². The maximum absolute atomic E-state index is 12.4. The molecular formula is C10H4F3NO4. The van der Waals surface area contributed by atoms with Crippen LogP contribution in [0, 0.1) is 10.1 Å². The molecule has 0 aliphatic rings. The van der Waals surface area contributed by atoms with Gasteiger partial charge in [-0.1, -0.05) is 0 Å². The summed E-state index contributed by atoms with van der Waals surface area (Å²) in [7, 11) is 0. The molecule has 18 heavy (non-hydrogen) atoms. The summed E-state index contributed by atoms with van der Waals surface area (Å²) in [6.07, 6.45) is -4.86. The van der Waals surface area contributed by atoms with Gasteiger partial charge in [0.25, 0.3) is 5.69 Å². The van der Waals surface area contributed by atoms with Gasteiger partial charge in [-0.05, 0) is 12.1 Å². The standard InChI is InChI=1S/C10H4F3NO4/c11-10(12,13)7-4-5-3-6(14(16)17)1-2-8(5)18-9(7)15/h1-4H. The van der Waals surface area contributed by atoms with E-state index in [-0.39, 0.29) is 16.7 Å². The Hall–Kier alpha value is -2.38. The molecule has 2 aromatic rings. The number of hydrogen-bond donors (Lipinski definition) is 0. The molecule has 0 amide bonds. The second-order valence-electron chi connectivity index (χ2n) is 3.42. The minimum Gasteiger partial charge on any atom is -0.422 e. The van der Waals surface area contributed by atoms with Crippen molar-refractivity contribution in [1.29, 1.82) is 0 Å². The van der Waals surface area contributed by atoms with Crippen LogP contribution in [-0.2, 0) is 6.18 Å². The fraction of sp³-hybridized carbons (Fsp3) is 0.100. The number of nitro groups is 1. The van der Waals surface area contributed by atoms with Crippen LogP contribution in [0.15, 0.2) is 33.5 Å². The van der Waals surface area contributed by atoms with E-state index in [9.17, 15) is 28.1 Å². The summed E-state index contributed by atoms with van der Waals surface area (Å²) >= 11 is 0. The number of rotatable bonds is 1. The van der Waals surface area contributed by atoms with Crippen LogP contribution in [-0.4, -0.2) is 4.92 Å². The Balaban J connectivity index is 2.75. The number of hydrogen-bond acceptors (Lipinski definition) is 4. The van der Waals surface area contributed by atoms with Crippen LogP contribution < -0.4 is 5.63 Å². The third-order valence-corrected chi connectivity index (χ3v) is 2.23. The topological polar surface area (TPSA) is 73.3 Å². The van der Waals surface area contributed by atoms with E-state index in [0.29, 0.717) is 6.07 Å². The molecular weight excluding hydrogens is 255 g/mol. The van der Waals surface area contributed by atoms with Crippen molar-refractivity contribution in [2.45, 2.75) is 6.18 Å². The molecule has 0 aliphatic carbocycles. The molecule has 0 N–H and O–H groups in total. The van der Waals surface area contributed by atoms with Crippen molar-refractivity contribution >= 4 is 16.7 Å². The number of halogens is 3. The van der Waals surface area contributed by atoms with Gasteiger partial charge in [-0.3, -0.25) is 10.1 Å². The van der Waals surface area contributed by atoms with Gasteiger partial charge >= 0.3 is 11.8 Å². The van der Waals surface area contributed by atoms with Crippen molar-refractivity contribution in [3.8, 4) is 0 Å². The highest BCUT2D eigenvalue weighted by molar-refractivity contribution is 5.79. The number of benzene rings is 1. The second kappa shape index (κ2) is 3.83. The highest BCUT2D eigenvalue weighted by Gasteiger charge is 2.35. The van der Waals surface area contributed by atoms with E-state index in [4.69, 9.17) is 0 Å². The molecule has 5 nitrogen and oxygen atoms in total. The van der Waals surface area contributed by atoms with E-state index in [0.717, 1.165) is 18.2 Å². The molecule has 0 fully saturated rings. The first kappa shape index (κ1) is 12.1. The van der Waals surface area contributed by atoms with E-state index in [2.05, 4.69) is 4.42 Å². The fourth-order valence-electron chi connectivity index (χ4n) is 1.42. The summed E-state index contributed by atoms with van der Waals surface area (Å²) < 4.78 is 41.8. The van der Waals surface area contributed by atoms with E-state index in [1.54, 1.807) is 0 Å². The lowest BCUT2D eigenvalue weighted by Gasteiger charge is -2.05. The Morgan fingerprint density at radius 3 is 2.44 bits per heavy atom. The van der Waals surface area contributed by atoms with Gasteiger partial charge in [0.2, 0.25) is 0 Å². The average Bonchev–Trinajstić information content (AvgIpc) is 2.25. The Kier molecular flexibility index (Phi) is 2.57. The van der Waals surface area contributed by atoms with Crippen LogP contribution in [0.4, 0.5) is 18.9 Å². The first-order valence-corrected chi connectivity index (χ1v) is 4.58. The van der Waals surface area contributed by atoms with Gasteiger partial charge in [-0.15, -0.1) is 0 Å². The molecule has 94 valence electrons. The maximum Gasteiger partial charge on any atom is 0.423 e. The molecule has 0 saturated heterocycles. The summed E-state index contributed by atoms with van der Waals surface area (Å²) in [6, 6.07) is 3.56. The van der Waals surface area contributed by atoms with Crippen LogP contribution in [0.1, 0.15) is 5.56 Å². The predicted octanol–water partition coefficient (Wildman–Crippen LogP) is 2.72. The fourth-order valence-corrected chi connectivity index (χ4v) is 1.42. The summed E-state index contributed by atoms with van der Waals surface area (Å²) in [5, 5.41) is 10.3. The van der Waals surface area contributed by atoms with Crippen LogP contribution in [0.5, 0.6) is 0 Å². The lowest BCUT2D eigenvalue weighted by molar-refractivity contribution is -0.384. The first-order valence-electron chi connectivity index (χ1n) is 4.58. The van der Waals surface area contributed by atoms with E-state index >= 15 is 0 Å². The molecule has 0 atom stereocenters. The smallest absolute Gasteiger partial charge is 0.422 e. The van der Waals surface area contributed by atoms with Gasteiger partial charge in [0.15, 0.2) is 0 Å². The minimum atomic E-state index is -4.86. The van der Waals surface area contributed by atoms with Crippen molar-refractivity contribution in [1.82, 2.24) is 0 Å². The SMILES string of the molecule is O=c1oc2ccc([N+](=O)[O-])cc2cc1C(F)(F)F. The molecule has 8 heteroatoms. The summed E-state index contributed by atoms with van der Waals surface area (Å²) in [4.78, 5) is 20.8. The third kappa shape index (κ3) is 2.04. The number of non-ortho nitro benzene ring substituents is 1. The van der Waals surface area contributed by atoms with Crippen molar-refractivity contribution in [2.75, 3.05) is 0 Å². The lowest BCUT2D eigenvalue weighted by atomic mass is 10.1. The minimum absolute atomic E-state index is 0.140. The van der Waals surface area contributed by atoms with Crippen molar-refractivity contribution < 1.29 is 22.5 Å². The lowest BCUT2D eigenvalue weighted by Crippen LogP contribution is -2.17. The Morgan fingerprint density at radius 2 is 1.89 bits per heavy atom. The summed E-state index contributed by atoms with van der Waals surface area (Å²) in [5.41, 5.74) is -3.54. The number of alkyl halides is 3. The van der Waals surface area contributed by atoms with Gasteiger partial charge in [-0.2, -0.15) is 13.2 Å². The Labute approximate surface area is 96.6 Å². The van der Waals surface area contributed by atoms with Crippen molar-refractivity contribution in [3.05, 3.63) is 50.4 Å². The quantitative estimate of drug-likeness (QED) is 0.448. The first-order chi connectivity index (χ1) is 8.29. The monoisotopic (exact) mass is 259 g/mol. The molecule has 0 spiro atoms. The van der Waals surface area contributed by atoms with Crippen molar-refractivity contribution in [2.24, 2.45) is 0 Å². The van der Waals surface area contributed by atoms with Gasteiger partial charge in [0, 0.05) is 17.5 Å². The molecule has 1 aromatic heterocycles. The third-order valence-electron chi connectivity index (χ3n) is 2.23. The van der Waals surface area contributed by atoms with Crippen LogP contribution in [0.3, 0.4) is 0 Å². The highest BCUT2D eigenvalue weighted by Crippen LogP contribution is 2.29. The number of fused-ring (bicyclic) bond motifs is 1. The zero-order chi connectivity index (χ0) is 13.5. The number of nitro benzene ring substituents is 1. The van der Waals surface area contributed by atoms with Gasteiger partial charge in [0.1, 0.15) is 11.1 Å². The predicted molar refractivity (Wildman–Crippen MR) is 54.1 cm³/mol. The van der Waals surface area contributed by atoms with Crippen LogP contribution in [0.25, 0.3) is 11.0 Å². The molecule has 0 unspecified atom stereocenters.